The van der Waals surface area contributed by atoms with E-state index in [4.69, 9.17) is 15.2 Å². The minimum Gasteiger partial charge on any atom is -0.493 e. The van der Waals surface area contributed by atoms with Gasteiger partial charge in [-0.25, -0.2) is 0 Å². The summed E-state index contributed by atoms with van der Waals surface area (Å²) < 4.78 is 10.3. The van der Waals surface area contributed by atoms with Crippen LogP contribution in [0.1, 0.15) is 45.2 Å². The van der Waals surface area contributed by atoms with Gasteiger partial charge in [-0.3, -0.25) is 4.79 Å². The van der Waals surface area contributed by atoms with E-state index in [1.807, 2.05) is 12.1 Å². The second-order valence-electron chi connectivity index (χ2n) is 5.08. The minimum atomic E-state index is -0.366. The van der Waals surface area contributed by atoms with Gasteiger partial charge in [0.05, 0.1) is 7.11 Å². The van der Waals surface area contributed by atoms with Crippen LogP contribution in [0, 0.1) is 5.92 Å². The number of benzene rings is 1. The van der Waals surface area contributed by atoms with Crippen molar-refractivity contribution in [2.75, 3.05) is 7.11 Å². The van der Waals surface area contributed by atoms with Crippen LogP contribution in [0.15, 0.2) is 18.2 Å². The second-order valence-corrected chi connectivity index (χ2v) is 5.08. The first-order chi connectivity index (χ1) is 8.93. The molecular formula is C15H23NO3. The molecule has 0 saturated heterocycles. The van der Waals surface area contributed by atoms with Crippen LogP contribution in [0.25, 0.3) is 0 Å². The fraction of sp³-hybridized carbons (Fsp3) is 0.533. The van der Waals surface area contributed by atoms with Gasteiger partial charge in [0.15, 0.2) is 11.5 Å². The highest BCUT2D eigenvalue weighted by atomic mass is 16.6. The lowest BCUT2D eigenvalue weighted by molar-refractivity contribution is -0.132. The van der Waals surface area contributed by atoms with Crippen molar-refractivity contribution >= 4 is 5.97 Å². The summed E-state index contributed by atoms with van der Waals surface area (Å²) in [7, 11) is 1.55. The monoisotopic (exact) mass is 265 g/mol. The van der Waals surface area contributed by atoms with Crippen molar-refractivity contribution in [3.8, 4) is 11.5 Å². The largest absolute Gasteiger partial charge is 0.493 e. The molecule has 0 amide bonds. The molecule has 1 aromatic rings. The van der Waals surface area contributed by atoms with Gasteiger partial charge in [-0.2, -0.15) is 0 Å². The molecule has 1 atom stereocenters. The van der Waals surface area contributed by atoms with E-state index in [2.05, 4.69) is 13.8 Å². The lowest BCUT2D eigenvalue weighted by atomic mass is 9.98. The lowest BCUT2D eigenvalue weighted by Crippen LogP contribution is -2.12. The molecule has 106 valence electrons. The number of hydrogen-bond acceptors (Lipinski definition) is 4. The molecule has 4 nitrogen and oxygen atoms in total. The molecule has 0 saturated carbocycles. The molecule has 19 heavy (non-hydrogen) atoms. The first kappa shape index (κ1) is 15.5. The van der Waals surface area contributed by atoms with Gasteiger partial charge >= 0.3 is 5.97 Å². The Morgan fingerprint density at radius 1 is 1.26 bits per heavy atom. The number of carbonyl (C=O) groups is 1. The first-order valence-electron chi connectivity index (χ1n) is 6.56. The maximum absolute atomic E-state index is 11.0. The summed E-state index contributed by atoms with van der Waals surface area (Å²) in [5.41, 5.74) is 7.15. The number of esters is 1. The van der Waals surface area contributed by atoms with Gasteiger partial charge in [0.1, 0.15) is 0 Å². The van der Waals surface area contributed by atoms with E-state index in [1.54, 1.807) is 13.2 Å². The van der Waals surface area contributed by atoms with Gasteiger partial charge < -0.3 is 15.2 Å². The van der Waals surface area contributed by atoms with Crippen molar-refractivity contribution in [2.24, 2.45) is 11.7 Å². The summed E-state index contributed by atoms with van der Waals surface area (Å²) in [6, 6.07) is 5.42. The highest BCUT2D eigenvalue weighted by molar-refractivity contribution is 5.70. The van der Waals surface area contributed by atoms with Crippen molar-refractivity contribution in [3.63, 3.8) is 0 Å². The van der Waals surface area contributed by atoms with E-state index in [9.17, 15) is 4.79 Å². The van der Waals surface area contributed by atoms with Crippen LogP contribution in [0.4, 0.5) is 0 Å². The zero-order chi connectivity index (χ0) is 14.4. The third-order valence-electron chi connectivity index (χ3n) is 2.92. The second kappa shape index (κ2) is 7.14. The van der Waals surface area contributed by atoms with Crippen molar-refractivity contribution in [3.05, 3.63) is 23.8 Å². The van der Waals surface area contributed by atoms with Gasteiger partial charge in [0.25, 0.3) is 0 Å². The molecule has 0 fully saturated rings. The van der Waals surface area contributed by atoms with Gasteiger partial charge in [0, 0.05) is 13.0 Å². The number of hydrogen-bond donors (Lipinski definition) is 1. The highest BCUT2D eigenvalue weighted by Crippen LogP contribution is 2.31. The molecule has 0 unspecified atom stereocenters. The van der Waals surface area contributed by atoms with Crippen molar-refractivity contribution < 1.29 is 14.3 Å². The van der Waals surface area contributed by atoms with Crippen LogP contribution in [-0.4, -0.2) is 13.1 Å². The average Bonchev–Trinajstić information content (AvgIpc) is 2.35. The molecule has 0 aliphatic rings. The number of nitrogens with two attached hydrogens (primary N) is 1. The molecule has 1 rings (SSSR count). The van der Waals surface area contributed by atoms with Gasteiger partial charge in [-0.15, -0.1) is 0 Å². The summed E-state index contributed by atoms with van der Waals surface area (Å²) in [5, 5.41) is 0. The summed E-state index contributed by atoms with van der Waals surface area (Å²) in [6.45, 7) is 5.72. The fourth-order valence-corrected chi connectivity index (χ4v) is 1.83. The van der Waals surface area contributed by atoms with Gasteiger partial charge in [0.2, 0.25) is 0 Å². The quantitative estimate of drug-likeness (QED) is 0.634. The lowest BCUT2D eigenvalue weighted by Gasteiger charge is -2.16. The van der Waals surface area contributed by atoms with E-state index in [0.29, 0.717) is 17.4 Å². The van der Waals surface area contributed by atoms with Crippen molar-refractivity contribution in [2.45, 2.75) is 39.7 Å². The smallest absolute Gasteiger partial charge is 0.308 e. The fourth-order valence-electron chi connectivity index (χ4n) is 1.83. The molecule has 0 aliphatic heterocycles. The number of rotatable bonds is 6. The zero-order valence-electron chi connectivity index (χ0n) is 12.1. The van der Waals surface area contributed by atoms with Gasteiger partial charge in [-0.05, 0) is 36.5 Å². The summed E-state index contributed by atoms with van der Waals surface area (Å²) in [4.78, 5) is 11.0. The third kappa shape index (κ3) is 4.91. The summed E-state index contributed by atoms with van der Waals surface area (Å²) >= 11 is 0. The van der Waals surface area contributed by atoms with Crippen LogP contribution in [0.2, 0.25) is 0 Å². The number of ether oxygens (including phenoxy) is 2. The molecule has 4 heteroatoms. The standard InChI is InChI=1S/C15H23NO3/c1-10(2)5-7-13(16)12-6-8-14(19-11(3)17)15(9-12)18-4/h6,8-10,13H,5,7,16H2,1-4H3/t13-/m0/s1. The molecule has 1 aromatic carbocycles. The Labute approximate surface area is 114 Å². The Kier molecular flexibility index (Phi) is 5.83. The molecule has 0 heterocycles. The highest BCUT2D eigenvalue weighted by Gasteiger charge is 2.12. The Bertz CT molecular complexity index is 429. The van der Waals surface area contributed by atoms with Crippen LogP contribution < -0.4 is 15.2 Å². The van der Waals surface area contributed by atoms with Crippen LogP contribution >= 0.6 is 0 Å². The van der Waals surface area contributed by atoms with Crippen LogP contribution in [-0.2, 0) is 4.79 Å². The Balaban J connectivity index is 2.83. The maximum Gasteiger partial charge on any atom is 0.308 e. The Morgan fingerprint density at radius 2 is 1.95 bits per heavy atom. The molecule has 2 N–H and O–H groups in total. The van der Waals surface area contributed by atoms with E-state index in [0.717, 1.165) is 18.4 Å². The van der Waals surface area contributed by atoms with Crippen LogP contribution in [0.5, 0.6) is 11.5 Å². The van der Waals surface area contributed by atoms with E-state index in [1.165, 1.54) is 6.92 Å². The van der Waals surface area contributed by atoms with Crippen LogP contribution in [0.3, 0.4) is 0 Å². The minimum absolute atomic E-state index is 0.0253. The van der Waals surface area contributed by atoms with Crippen molar-refractivity contribution in [1.82, 2.24) is 0 Å². The van der Waals surface area contributed by atoms with E-state index < -0.39 is 0 Å². The Morgan fingerprint density at radius 3 is 2.47 bits per heavy atom. The first-order valence-corrected chi connectivity index (χ1v) is 6.56. The summed E-state index contributed by atoms with van der Waals surface area (Å²) in [5.74, 6) is 1.23. The zero-order valence-corrected chi connectivity index (χ0v) is 12.1. The van der Waals surface area contributed by atoms with Gasteiger partial charge in [-0.1, -0.05) is 19.9 Å². The predicted octanol–water partition coefficient (Wildman–Crippen LogP) is 3.06. The number of methoxy groups -OCH3 is 1. The molecule has 0 radical (unpaired) electrons. The average molecular weight is 265 g/mol. The number of carbonyl (C=O) groups excluding carboxylic acids is 1. The third-order valence-corrected chi connectivity index (χ3v) is 2.92. The SMILES string of the molecule is COc1cc([C@@H](N)CCC(C)C)ccc1OC(C)=O. The van der Waals surface area contributed by atoms with Crippen molar-refractivity contribution in [1.29, 1.82) is 0 Å². The predicted molar refractivity (Wildman–Crippen MR) is 75.3 cm³/mol. The van der Waals surface area contributed by atoms with E-state index >= 15 is 0 Å². The maximum atomic E-state index is 11.0. The molecule has 0 aromatic heterocycles. The normalized spacial score (nSPS) is 12.3. The van der Waals surface area contributed by atoms with E-state index in [-0.39, 0.29) is 12.0 Å². The Hall–Kier alpha value is -1.55. The molecule has 0 spiro atoms. The topological polar surface area (TPSA) is 61.6 Å². The molecular weight excluding hydrogens is 242 g/mol. The molecule has 0 aliphatic carbocycles. The summed E-state index contributed by atoms with van der Waals surface area (Å²) in [6.07, 6.45) is 2.00. The molecule has 0 bridgehead atoms.